The second-order valence-electron chi connectivity index (χ2n) is 3.40. The summed E-state index contributed by atoms with van der Waals surface area (Å²) in [6, 6.07) is 5.19. The molecule has 0 aliphatic carbocycles. The number of methoxy groups -OCH3 is 1. The normalized spacial score (nSPS) is 11.0. The minimum Gasteiger partial charge on any atom is -0.468 e. The lowest BCUT2D eigenvalue weighted by Crippen LogP contribution is -2.24. The molecule has 1 N–H and O–H groups in total. The summed E-state index contributed by atoms with van der Waals surface area (Å²) in [7, 11) is -2.59. The van der Waals surface area contributed by atoms with Crippen molar-refractivity contribution in [3.8, 4) is 0 Å². The molecule has 0 heterocycles. The van der Waals surface area contributed by atoms with E-state index in [0.717, 1.165) is 17.1 Å². The highest BCUT2D eigenvalue weighted by Gasteiger charge is 2.17. The van der Waals surface area contributed by atoms with Crippen LogP contribution in [0.5, 0.6) is 0 Å². The average Bonchev–Trinajstić information content (AvgIpc) is 2.22. The Morgan fingerprint density at radius 1 is 1.47 bits per heavy atom. The Kier molecular flexibility index (Phi) is 4.53. The van der Waals surface area contributed by atoms with Crippen LogP contribution in [0.3, 0.4) is 0 Å². The third-order valence-electron chi connectivity index (χ3n) is 2.00. The summed E-state index contributed by atoms with van der Waals surface area (Å²) >= 11 is 3.24. The fourth-order valence-electron chi connectivity index (χ4n) is 1.12. The number of anilines is 1. The van der Waals surface area contributed by atoms with Crippen LogP contribution in [-0.2, 0) is 19.6 Å². The molecule has 1 aromatic rings. The summed E-state index contributed by atoms with van der Waals surface area (Å²) in [5.74, 6) is -1.50. The highest BCUT2D eigenvalue weighted by Crippen LogP contribution is 2.21. The molecule has 0 saturated carbocycles. The molecule has 0 aliphatic rings. The minimum atomic E-state index is -3.73. The zero-order valence-electron chi connectivity index (χ0n) is 9.36. The number of nitrogens with one attached hydrogen (secondary N) is 1. The van der Waals surface area contributed by atoms with Gasteiger partial charge in [0, 0.05) is 4.47 Å². The molecule has 0 unspecified atom stereocenters. The molecule has 7 heteroatoms. The summed E-state index contributed by atoms with van der Waals surface area (Å²) < 4.78 is 30.6. The number of hydrogen-bond donors (Lipinski definition) is 1. The van der Waals surface area contributed by atoms with Gasteiger partial charge in [0.05, 0.1) is 12.8 Å². The second-order valence-corrected chi connectivity index (χ2v) is 6.03. The van der Waals surface area contributed by atoms with Crippen molar-refractivity contribution >= 4 is 37.6 Å². The van der Waals surface area contributed by atoms with Crippen LogP contribution in [0.15, 0.2) is 22.7 Å². The predicted molar refractivity (Wildman–Crippen MR) is 68.3 cm³/mol. The van der Waals surface area contributed by atoms with E-state index in [1.165, 1.54) is 0 Å². The zero-order valence-corrected chi connectivity index (χ0v) is 11.8. The van der Waals surface area contributed by atoms with E-state index in [2.05, 4.69) is 25.4 Å². The van der Waals surface area contributed by atoms with Crippen LogP contribution in [0.1, 0.15) is 5.56 Å². The molecule has 0 radical (unpaired) electrons. The molecule has 5 nitrogen and oxygen atoms in total. The number of carbonyl (C=O) groups is 1. The molecule has 1 rings (SSSR count). The predicted octanol–water partition coefficient (Wildman–Crippen LogP) is 1.67. The largest absolute Gasteiger partial charge is 0.468 e. The van der Waals surface area contributed by atoms with Crippen LogP contribution in [0.25, 0.3) is 0 Å². The zero-order chi connectivity index (χ0) is 13.1. The molecule has 0 aromatic heterocycles. The van der Waals surface area contributed by atoms with Gasteiger partial charge in [0.1, 0.15) is 0 Å². The first kappa shape index (κ1) is 14.0. The fraction of sp³-hybridized carbons (Fsp3) is 0.300. The summed E-state index contributed by atoms with van der Waals surface area (Å²) in [6.07, 6.45) is 0. The number of sulfonamides is 1. The number of carbonyl (C=O) groups excluding carboxylic acids is 1. The molecule has 0 bridgehead atoms. The van der Waals surface area contributed by atoms with Crippen molar-refractivity contribution in [2.75, 3.05) is 17.6 Å². The van der Waals surface area contributed by atoms with E-state index in [1.54, 1.807) is 25.1 Å². The van der Waals surface area contributed by atoms with Crippen molar-refractivity contribution in [1.82, 2.24) is 0 Å². The Balaban J connectivity index is 2.90. The van der Waals surface area contributed by atoms with Crippen LogP contribution < -0.4 is 4.72 Å². The van der Waals surface area contributed by atoms with Crippen LogP contribution in [0.2, 0.25) is 0 Å². The number of hydrogen-bond acceptors (Lipinski definition) is 4. The Morgan fingerprint density at radius 3 is 2.71 bits per heavy atom. The lowest BCUT2D eigenvalue weighted by Gasteiger charge is -2.10. The first-order valence-corrected chi connectivity index (χ1v) is 7.12. The van der Waals surface area contributed by atoms with Gasteiger partial charge >= 0.3 is 5.97 Å². The van der Waals surface area contributed by atoms with Crippen molar-refractivity contribution in [2.45, 2.75) is 6.92 Å². The standard InChI is InChI=1S/C10H12BrNO4S/c1-7-3-4-8(11)5-9(7)12-17(14,15)6-10(13)16-2/h3-5,12H,6H2,1-2H3. The summed E-state index contributed by atoms with van der Waals surface area (Å²) in [5, 5.41) is 0. The molecular formula is C10H12BrNO4S. The third kappa shape index (κ3) is 4.35. The van der Waals surface area contributed by atoms with Gasteiger partial charge in [0.15, 0.2) is 5.75 Å². The molecule has 0 spiro atoms. The number of rotatable bonds is 4. The molecule has 1 aromatic carbocycles. The van der Waals surface area contributed by atoms with Crippen LogP contribution in [-0.4, -0.2) is 27.2 Å². The van der Waals surface area contributed by atoms with E-state index in [-0.39, 0.29) is 0 Å². The number of ether oxygens (including phenoxy) is 1. The van der Waals surface area contributed by atoms with Crippen LogP contribution >= 0.6 is 15.9 Å². The highest BCUT2D eigenvalue weighted by molar-refractivity contribution is 9.10. The quantitative estimate of drug-likeness (QED) is 0.856. The topological polar surface area (TPSA) is 72.5 Å². The maximum absolute atomic E-state index is 11.6. The van der Waals surface area contributed by atoms with E-state index in [4.69, 9.17) is 0 Å². The molecule has 0 atom stereocenters. The lowest BCUT2D eigenvalue weighted by atomic mass is 10.2. The Hall–Kier alpha value is -1.08. The highest BCUT2D eigenvalue weighted by atomic mass is 79.9. The van der Waals surface area contributed by atoms with Crippen molar-refractivity contribution in [3.63, 3.8) is 0 Å². The monoisotopic (exact) mass is 321 g/mol. The maximum Gasteiger partial charge on any atom is 0.322 e. The van der Waals surface area contributed by atoms with Crippen molar-refractivity contribution in [1.29, 1.82) is 0 Å². The van der Waals surface area contributed by atoms with Crippen molar-refractivity contribution < 1.29 is 17.9 Å². The van der Waals surface area contributed by atoms with Gasteiger partial charge in [-0.25, -0.2) is 8.42 Å². The maximum atomic E-state index is 11.6. The van der Waals surface area contributed by atoms with Gasteiger partial charge in [-0.2, -0.15) is 0 Å². The minimum absolute atomic E-state index is 0.434. The molecule has 0 fully saturated rings. The Labute approximate surface area is 108 Å². The molecule has 0 saturated heterocycles. The summed E-state index contributed by atoms with van der Waals surface area (Å²) in [6.45, 7) is 1.77. The number of halogens is 1. The first-order valence-electron chi connectivity index (χ1n) is 4.67. The van der Waals surface area contributed by atoms with Gasteiger partial charge in [-0.1, -0.05) is 22.0 Å². The third-order valence-corrected chi connectivity index (χ3v) is 3.64. The molecule has 17 heavy (non-hydrogen) atoms. The number of esters is 1. The van der Waals surface area contributed by atoms with E-state index in [9.17, 15) is 13.2 Å². The summed E-state index contributed by atoms with van der Waals surface area (Å²) in [5.41, 5.74) is 1.20. The molecule has 94 valence electrons. The second kappa shape index (κ2) is 5.50. The Bertz CT molecular complexity index is 527. The molecule has 0 aliphatic heterocycles. The van der Waals surface area contributed by atoms with E-state index < -0.39 is 21.7 Å². The number of aryl methyl sites for hydroxylation is 1. The average molecular weight is 322 g/mol. The first-order chi connectivity index (χ1) is 7.84. The Morgan fingerprint density at radius 2 is 2.12 bits per heavy atom. The fourth-order valence-corrected chi connectivity index (χ4v) is 2.54. The van der Waals surface area contributed by atoms with Gasteiger partial charge in [-0.05, 0) is 24.6 Å². The van der Waals surface area contributed by atoms with Crippen molar-refractivity contribution in [3.05, 3.63) is 28.2 Å². The van der Waals surface area contributed by atoms with Gasteiger partial charge in [-0.3, -0.25) is 9.52 Å². The van der Waals surface area contributed by atoms with Gasteiger partial charge in [-0.15, -0.1) is 0 Å². The van der Waals surface area contributed by atoms with E-state index >= 15 is 0 Å². The molecule has 0 amide bonds. The van der Waals surface area contributed by atoms with Crippen molar-refractivity contribution in [2.24, 2.45) is 0 Å². The summed E-state index contributed by atoms with van der Waals surface area (Å²) in [4.78, 5) is 10.9. The smallest absolute Gasteiger partial charge is 0.322 e. The van der Waals surface area contributed by atoms with Gasteiger partial charge in [0.2, 0.25) is 10.0 Å². The molecular weight excluding hydrogens is 310 g/mol. The van der Waals surface area contributed by atoms with Crippen LogP contribution in [0, 0.1) is 6.92 Å². The SMILES string of the molecule is COC(=O)CS(=O)(=O)Nc1cc(Br)ccc1C. The van der Waals surface area contributed by atoms with Gasteiger partial charge in [0.25, 0.3) is 0 Å². The van der Waals surface area contributed by atoms with Gasteiger partial charge < -0.3 is 4.74 Å². The van der Waals surface area contributed by atoms with E-state index in [1.807, 2.05) is 0 Å². The number of benzene rings is 1. The van der Waals surface area contributed by atoms with Crippen LogP contribution in [0.4, 0.5) is 5.69 Å². The van der Waals surface area contributed by atoms with E-state index in [0.29, 0.717) is 5.69 Å². The lowest BCUT2D eigenvalue weighted by molar-refractivity contribution is -0.137.